The van der Waals surface area contributed by atoms with Gasteiger partial charge in [0.25, 0.3) is 5.91 Å². The Kier molecular flexibility index (Phi) is 4.97. The monoisotopic (exact) mass is 439 g/mol. The number of benzene rings is 2. The largest absolute Gasteiger partial charge is 0.478 e. The number of hydrogen-bond acceptors (Lipinski definition) is 5. The predicted molar refractivity (Wildman–Crippen MR) is 123 cm³/mol. The van der Waals surface area contributed by atoms with Crippen LogP contribution in [0.2, 0.25) is 0 Å². The van der Waals surface area contributed by atoms with E-state index in [0.717, 1.165) is 16.7 Å². The molecule has 33 heavy (non-hydrogen) atoms. The average molecular weight is 439 g/mol. The normalized spacial score (nSPS) is 12.9. The molecule has 8 nitrogen and oxygen atoms in total. The molecule has 0 saturated carbocycles. The minimum atomic E-state index is -0.987. The molecule has 3 heterocycles. The molecule has 1 aliphatic rings. The van der Waals surface area contributed by atoms with Crippen LogP contribution in [0.4, 0.5) is 5.82 Å². The van der Waals surface area contributed by atoms with Gasteiger partial charge in [0.05, 0.1) is 12.1 Å². The summed E-state index contributed by atoms with van der Waals surface area (Å²) < 4.78 is 1.93. The van der Waals surface area contributed by atoms with Crippen molar-refractivity contribution in [3.05, 3.63) is 83.7 Å². The third-order valence-electron chi connectivity index (χ3n) is 5.73. The molecule has 0 aliphatic carbocycles. The maximum Gasteiger partial charge on any atom is 0.335 e. The molecule has 2 aromatic carbocycles. The molecule has 1 N–H and O–H groups in total. The lowest BCUT2D eigenvalue weighted by atomic mass is 9.99. The molecule has 5 rings (SSSR count). The van der Waals surface area contributed by atoms with Crippen molar-refractivity contribution in [2.75, 3.05) is 4.90 Å². The number of carboxylic acids is 1. The lowest BCUT2D eigenvalue weighted by Crippen LogP contribution is -2.24. The number of anilines is 1. The topological polar surface area (TPSA) is 101 Å². The third kappa shape index (κ3) is 3.65. The van der Waals surface area contributed by atoms with Crippen LogP contribution in [0.1, 0.15) is 46.2 Å². The Labute approximate surface area is 190 Å². The van der Waals surface area contributed by atoms with Gasteiger partial charge in [-0.2, -0.15) is 0 Å². The fraction of sp³-hybridized carbons (Fsp3) is 0.160. The maximum absolute atomic E-state index is 13.3. The highest BCUT2D eigenvalue weighted by atomic mass is 16.4. The van der Waals surface area contributed by atoms with Gasteiger partial charge >= 0.3 is 5.97 Å². The van der Waals surface area contributed by atoms with E-state index in [0.29, 0.717) is 29.4 Å². The molecule has 164 valence electrons. The van der Waals surface area contributed by atoms with Gasteiger partial charge in [-0.05, 0) is 60.9 Å². The van der Waals surface area contributed by atoms with Gasteiger partial charge in [0.15, 0.2) is 5.82 Å². The van der Waals surface area contributed by atoms with Gasteiger partial charge in [0, 0.05) is 11.6 Å². The van der Waals surface area contributed by atoms with Crippen molar-refractivity contribution in [2.24, 2.45) is 0 Å². The van der Waals surface area contributed by atoms with Gasteiger partial charge in [-0.25, -0.2) is 9.78 Å². The maximum atomic E-state index is 13.3. The Balaban J connectivity index is 1.47. The lowest BCUT2D eigenvalue weighted by Gasteiger charge is -2.16. The number of carbonyl (C=O) groups is 2. The van der Waals surface area contributed by atoms with Crippen LogP contribution in [-0.4, -0.2) is 36.7 Å². The Hall–Kier alpha value is -4.33. The van der Waals surface area contributed by atoms with Crippen LogP contribution >= 0.6 is 0 Å². The molecular weight excluding hydrogens is 418 g/mol. The molecule has 0 radical (unpaired) electrons. The summed E-state index contributed by atoms with van der Waals surface area (Å²) in [5.41, 5.74) is 3.88. The number of carbonyl (C=O) groups excluding carboxylic acids is 1. The van der Waals surface area contributed by atoms with E-state index in [1.165, 1.54) is 0 Å². The SMILES string of the molecule is CC(C)n1cnnc1-c1cccc(N2Cc3ccc(-c4cccc(C(=O)O)c4)cc3C2=O)n1. The second-order valence-corrected chi connectivity index (χ2v) is 8.19. The summed E-state index contributed by atoms with van der Waals surface area (Å²) in [6.45, 7) is 4.50. The standard InChI is InChI=1S/C25H21N5O3/c1-15(2)30-14-26-28-23(30)21-7-4-8-22(27-21)29-13-19-10-9-17(12-20(19)24(29)31)16-5-3-6-18(11-16)25(32)33/h3-12,14-15H,13H2,1-2H3,(H,32,33). The second-order valence-electron chi connectivity index (χ2n) is 8.19. The van der Waals surface area contributed by atoms with Crippen molar-refractivity contribution in [3.8, 4) is 22.6 Å². The summed E-state index contributed by atoms with van der Waals surface area (Å²) in [6.07, 6.45) is 1.67. The first-order chi connectivity index (χ1) is 15.9. The van der Waals surface area contributed by atoms with Gasteiger partial charge in [0.1, 0.15) is 17.8 Å². The van der Waals surface area contributed by atoms with Crippen molar-refractivity contribution in [3.63, 3.8) is 0 Å². The number of pyridine rings is 1. The molecule has 1 aliphatic heterocycles. The van der Waals surface area contributed by atoms with Crippen LogP contribution in [0, 0.1) is 0 Å². The van der Waals surface area contributed by atoms with Crippen LogP contribution in [0.15, 0.2) is 67.0 Å². The number of fused-ring (bicyclic) bond motifs is 1. The first-order valence-corrected chi connectivity index (χ1v) is 10.6. The average Bonchev–Trinajstić information content (AvgIpc) is 3.44. The molecule has 0 atom stereocenters. The number of aromatic carboxylic acids is 1. The van der Waals surface area contributed by atoms with E-state index in [-0.39, 0.29) is 17.5 Å². The van der Waals surface area contributed by atoms with E-state index < -0.39 is 5.97 Å². The molecule has 0 unspecified atom stereocenters. The van der Waals surface area contributed by atoms with Gasteiger partial charge < -0.3 is 9.67 Å². The van der Waals surface area contributed by atoms with Crippen LogP contribution < -0.4 is 4.90 Å². The van der Waals surface area contributed by atoms with E-state index in [9.17, 15) is 14.7 Å². The van der Waals surface area contributed by atoms with E-state index in [4.69, 9.17) is 4.98 Å². The fourth-order valence-electron chi connectivity index (χ4n) is 4.00. The number of nitrogens with zero attached hydrogens (tertiary/aromatic N) is 5. The van der Waals surface area contributed by atoms with E-state index in [1.54, 1.807) is 35.5 Å². The summed E-state index contributed by atoms with van der Waals surface area (Å²) in [6, 6.07) is 18.0. The molecule has 4 aromatic rings. The van der Waals surface area contributed by atoms with Crippen molar-refractivity contribution in [1.29, 1.82) is 0 Å². The van der Waals surface area contributed by atoms with Gasteiger partial charge in [-0.15, -0.1) is 10.2 Å². The fourth-order valence-corrected chi connectivity index (χ4v) is 4.00. The summed E-state index contributed by atoms with van der Waals surface area (Å²) in [5.74, 6) is 0.0637. The zero-order chi connectivity index (χ0) is 23.1. The second kappa shape index (κ2) is 7.98. The van der Waals surface area contributed by atoms with Crippen LogP contribution in [-0.2, 0) is 6.54 Å². The number of amides is 1. The highest BCUT2D eigenvalue weighted by Crippen LogP contribution is 2.32. The van der Waals surface area contributed by atoms with Crippen LogP contribution in [0.3, 0.4) is 0 Å². The summed E-state index contributed by atoms with van der Waals surface area (Å²) in [7, 11) is 0. The number of hydrogen-bond donors (Lipinski definition) is 1. The van der Waals surface area contributed by atoms with E-state index >= 15 is 0 Å². The minimum absolute atomic E-state index is 0.142. The Morgan fingerprint density at radius 1 is 1.03 bits per heavy atom. The first-order valence-electron chi connectivity index (χ1n) is 10.6. The molecule has 0 spiro atoms. The van der Waals surface area contributed by atoms with Gasteiger partial charge in [-0.3, -0.25) is 9.69 Å². The molecule has 1 amide bonds. The predicted octanol–water partition coefficient (Wildman–Crippen LogP) is 4.45. The highest BCUT2D eigenvalue weighted by Gasteiger charge is 2.30. The zero-order valence-electron chi connectivity index (χ0n) is 18.1. The van der Waals surface area contributed by atoms with E-state index in [1.807, 2.05) is 54.8 Å². The number of aromatic nitrogens is 4. The van der Waals surface area contributed by atoms with E-state index in [2.05, 4.69) is 10.2 Å². The van der Waals surface area contributed by atoms with Crippen LogP contribution in [0.25, 0.3) is 22.6 Å². The third-order valence-corrected chi connectivity index (χ3v) is 5.73. The Bertz CT molecular complexity index is 1390. The molecule has 0 bridgehead atoms. The quantitative estimate of drug-likeness (QED) is 0.493. The molecule has 2 aromatic heterocycles. The van der Waals surface area contributed by atoms with Crippen LogP contribution in [0.5, 0.6) is 0 Å². The Morgan fingerprint density at radius 2 is 1.82 bits per heavy atom. The number of carboxylic acid groups (broad SMARTS) is 1. The van der Waals surface area contributed by atoms with Crippen molar-refractivity contribution in [1.82, 2.24) is 19.7 Å². The first kappa shape index (κ1) is 20.6. The zero-order valence-corrected chi connectivity index (χ0v) is 18.1. The molecule has 0 saturated heterocycles. The summed E-state index contributed by atoms with van der Waals surface area (Å²) in [5, 5.41) is 17.5. The number of rotatable bonds is 5. The summed E-state index contributed by atoms with van der Waals surface area (Å²) in [4.78, 5) is 30.9. The molecular formula is C25H21N5O3. The van der Waals surface area contributed by atoms with Crippen molar-refractivity contribution >= 4 is 17.7 Å². The highest BCUT2D eigenvalue weighted by molar-refractivity contribution is 6.10. The summed E-state index contributed by atoms with van der Waals surface area (Å²) >= 11 is 0. The van der Waals surface area contributed by atoms with Crippen molar-refractivity contribution < 1.29 is 14.7 Å². The van der Waals surface area contributed by atoms with Crippen molar-refractivity contribution in [2.45, 2.75) is 26.4 Å². The smallest absolute Gasteiger partial charge is 0.335 e. The van der Waals surface area contributed by atoms with Gasteiger partial charge in [-0.1, -0.05) is 30.3 Å². The molecule has 8 heteroatoms. The Morgan fingerprint density at radius 3 is 2.61 bits per heavy atom. The minimum Gasteiger partial charge on any atom is -0.478 e. The van der Waals surface area contributed by atoms with Gasteiger partial charge in [0.2, 0.25) is 0 Å². The molecule has 0 fully saturated rings. The lowest BCUT2D eigenvalue weighted by molar-refractivity contribution is 0.0696.